The molecule has 1 aromatic heterocycles. The Morgan fingerprint density at radius 1 is 1.37 bits per heavy atom. The lowest BCUT2D eigenvalue weighted by Crippen LogP contribution is -2.48. The third kappa shape index (κ3) is 4.32. The van der Waals surface area contributed by atoms with Crippen molar-refractivity contribution in [3.8, 4) is 5.75 Å². The Bertz CT molecular complexity index is 1080. The maximum absolute atomic E-state index is 13.5. The van der Waals surface area contributed by atoms with Crippen LogP contribution in [0.15, 0.2) is 29.3 Å². The first-order valence-corrected chi connectivity index (χ1v) is 10.7. The minimum atomic E-state index is -4.03. The quantitative estimate of drug-likeness (QED) is 0.620. The standard InChI is InChI=1S/C18H23N5O6S/c1-4-22-10-17(11(2)21-22)30(27,28)23-9-14(8-19-12(3)24)29-16-6-5-13(7-15(16)23)20-18(25)26/h5-7,10,14,20H,4,8-9H2,1-3H3,(H,19,24)(H,25,26). The predicted octanol–water partition coefficient (Wildman–Crippen LogP) is 1.39. The number of sulfonamides is 1. The van der Waals surface area contributed by atoms with E-state index in [0.717, 1.165) is 4.31 Å². The van der Waals surface area contributed by atoms with Crippen molar-refractivity contribution >= 4 is 33.4 Å². The summed E-state index contributed by atoms with van der Waals surface area (Å²) in [5, 5.41) is 18.0. The molecule has 162 valence electrons. The van der Waals surface area contributed by atoms with Gasteiger partial charge in [0, 0.05) is 25.4 Å². The van der Waals surface area contributed by atoms with Crippen LogP contribution in [0.2, 0.25) is 0 Å². The van der Waals surface area contributed by atoms with Gasteiger partial charge in [-0.05, 0) is 32.0 Å². The Kier molecular flexibility index (Phi) is 5.87. The van der Waals surface area contributed by atoms with Crippen LogP contribution in [0.4, 0.5) is 16.2 Å². The number of benzene rings is 1. The van der Waals surface area contributed by atoms with Gasteiger partial charge in [0.25, 0.3) is 10.0 Å². The maximum Gasteiger partial charge on any atom is 0.409 e. The Labute approximate surface area is 173 Å². The molecule has 0 bridgehead atoms. The number of amides is 2. The van der Waals surface area contributed by atoms with Crippen LogP contribution < -0.4 is 19.7 Å². The van der Waals surface area contributed by atoms with Gasteiger partial charge >= 0.3 is 6.09 Å². The number of carboxylic acid groups (broad SMARTS) is 1. The number of hydrogen-bond acceptors (Lipinski definition) is 6. The van der Waals surface area contributed by atoms with E-state index in [4.69, 9.17) is 9.84 Å². The number of carbonyl (C=O) groups is 2. The molecule has 3 rings (SSSR count). The number of aryl methyl sites for hydroxylation is 2. The van der Waals surface area contributed by atoms with Gasteiger partial charge in [-0.15, -0.1) is 0 Å². The van der Waals surface area contributed by atoms with Gasteiger partial charge in [0.1, 0.15) is 16.7 Å². The van der Waals surface area contributed by atoms with Gasteiger partial charge in [0.15, 0.2) is 0 Å². The smallest absolute Gasteiger partial charge is 0.409 e. The number of ether oxygens (including phenoxy) is 1. The fraction of sp³-hybridized carbons (Fsp3) is 0.389. The summed E-state index contributed by atoms with van der Waals surface area (Å²) >= 11 is 0. The lowest BCUT2D eigenvalue weighted by molar-refractivity contribution is -0.119. The second-order valence-corrected chi connectivity index (χ2v) is 8.59. The highest BCUT2D eigenvalue weighted by Crippen LogP contribution is 2.39. The topological polar surface area (TPSA) is 143 Å². The number of aromatic nitrogens is 2. The van der Waals surface area contributed by atoms with E-state index in [1.165, 1.54) is 36.0 Å². The Morgan fingerprint density at radius 3 is 2.70 bits per heavy atom. The molecule has 1 atom stereocenters. The summed E-state index contributed by atoms with van der Waals surface area (Å²) in [6.07, 6.45) is -0.442. The minimum absolute atomic E-state index is 0.0482. The molecule has 1 unspecified atom stereocenters. The highest BCUT2D eigenvalue weighted by Gasteiger charge is 2.36. The van der Waals surface area contributed by atoms with Gasteiger partial charge in [0.05, 0.1) is 24.5 Å². The van der Waals surface area contributed by atoms with Crippen molar-refractivity contribution in [2.45, 2.75) is 38.3 Å². The fourth-order valence-electron chi connectivity index (χ4n) is 3.14. The third-order valence-electron chi connectivity index (χ3n) is 4.51. The van der Waals surface area contributed by atoms with Crippen LogP contribution in [0.25, 0.3) is 0 Å². The molecule has 1 aromatic carbocycles. The maximum atomic E-state index is 13.5. The number of carbonyl (C=O) groups excluding carboxylic acids is 1. The molecule has 2 heterocycles. The Morgan fingerprint density at radius 2 is 2.10 bits per heavy atom. The molecule has 12 heteroatoms. The van der Waals surface area contributed by atoms with Crippen LogP contribution in [0.3, 0.4) is 0 Å². The average Bonchev–Trinajstić information content (AvgIpc) is 3.07. The molecule has 0 saturated carbocycles. The molecule has 0 spiro atoms. The van der Waals surface area contributed by atoms with Crippen molar-refractivity contribution in [3.63, 3.8) is 0 Å². The van der Waals surface area contributed by atoms with Gasteiger partial charge in [-0.2, -0.15) is 5.10 Å². The molecule has 0 saturated heterocycles. The summed E-state index contributed by atoms with van der Waals surface area (Å²) in [5.74, 6) is -0.00321. The van der Waals surface area contributed by atoms with Crippen molar-refractivity contribution in [1.82, 2.24) is 15.1 Å². The van der Waals surface area contributed by atoms with Gasteiger partial charge in [-0.3, -0.25) is 19.1 Å². The Hall–Kier alpha value is -3.28. The summed E-state index contributed by atoms with van der Waals surface area (Å²) in [6, 6.07) is 4.36. The second-order valence-electron chi connectivity index (χ2n) is 6.76. The highest BCUT2D eigenvalue weighted by molar-refractivity contribution is 7.92. The fourth-order valence-corrected chi connectivity index (χ4v) is 4.81. The van der Waals surface area contributed by atoms with E-state index in [-0.39, 0.29) is 41.0 Å². The molecule has 1 aliphatic rings. The predicted molar refractivity (Wildman–Crippen MR) is 108 cm³/mol. The summed E-state index contributed by atoms with van der Waals surface area (Å²) in [5.41, 5.74) is 0.749. The molecule has 0 fully saturated rings. The molecule has 30 heavy (non-hydrogen) atoms. The first kappa shape index (κ1) is 21.4. The van der Waals surface area contributed by atoms with Crippen molar-refractivity contribution in [1.29, 1.82) is 0 Å². The van der Waals surface area contributed by atoms with Crippen LogP contribution in [-0.2, 0) is 21.4 Å². The van der Waals surface area contributed by atoms with E-state index in [0.29, 0.717) is 12.2 Å². The van der Waals surface area contributed by atoms with E-state index in [9.17, 15) is 18.0 Å². The Balaban J connectivity index is 2.06. The summed E-state index contributed by atoms with van der Waals surface area (Å²) in [4.78, 5) is 22.3. The number of rotatable bonds is 6. The van der Waals surface area contributed by atoms with E-state index < -0.39 is 22.2 Å². The lowest BCUT2D eigenvalue weighted by atomic mass is 10.2. The zero-order chi connectivity index (χ0) is 22.1. The molecule has 2 aromatic rings. The number of nitrogens with zero attached hydrogens (tertiary/aromatic N) is 3. The van der Waals surface area contributed by atoms with E-state index in [1.54, 1.807) is 6.92 Å². The molecular formula is C18H23N5O6S. The largest absolute Gasteiger partial charge is 0.484 e. The normalized spacial score (nSPS) is 15.8. The molecule has 0 radical (unpaired) electrons. The van der Waals surface area contributed by atoms with E-state index >= 15 is 0 Å². The van der Waals surface area contributed by atoms with Gasteiger partial charge < -0.3 is 15.2 Å². The number of fused-ring (bicyclic) bond motifs is 1. The minimum Gasteiger partial charge on any atom is -0.484 e. The highest BCUT2D eigenvalue weighted by atomic mass is 32.2. The number of hydrogen-bond donors (Lipinski definition) is 3. The molecule has 11 nitrogen and oxygen atoms in total. The van der Waals surface area contributed by atoms with Crippen LogP contribution >= 0.6 is 0 Å². The van der Waals surface area contributed by atoms with Gasteiger partial charge in [0.2, 0.25) is 5.91 Å². The first-order chi connectivity index (χ1) is 14.1. The van der Waals surface area contributed by atoms with E-state index in [1.807, 2.05) is 6.92 Å². The van der Waals surface area contributed by atoms with Crippen LogP contribution in [-0.4, -0.2) is 54.5 Å². The van der Waals surface area contributed by atoms with Crippen LogP contribution in [0.1, 0.15) is 19.5 Å². The van der Waals surface area contributed by atoms with Gasteiger partial charge in [-0.25, -0.2) is 13.2 Å². The van der Waals surface area contributed by atoms with Gasteiger partial charge in [-0.1, -0.05) is 0 Å². The number of anilines is 2. The molecule has 0 aliphatic carbocycles. The monoisotopic (exact) mass is 437 g/mol. The first-order valence-electron chi connectivity index (χ1n) is 9.23. The summed E-state index contributed by atoms with van der Waals surface area (Å²) in [7, 11) is -4.03. The summed E-state index contributed by atoms with van der Waals surface area (Å²) in [6.45, 7) is 5.37. The third-order valence-corrected chi connectivity index (χ3v) is 6.40. The van der Waals surface area contributed by atoms with Crippen molar-refractivity contribution in [3.05, 3.63) is 30.1 Å². The van der Waals surface area contributed by atoms with E-state index in [2.05, 4.69) is 15.7 Å². The van der Waals surface area contributed by atoms with Crippen LogP contribution in [0.5, 0.6) is 5.75 Å². The zero-order valence-electron chi connectivity index (χ0n) is 16.7. The molecule has 3 N–H and O–H groups in total. The molecular weight excluding hydrogens is 414 g/mol. The van der Waals surface area contributed by atoms with Crippen molar-refractivity contribution < 1.29 is 27.9 Å². The SMILES string of the molecule is CCn1cc(S(=O)(=O)N2CC(CNC(C)=O)Oc3ccc(NC(=O)O)cc32)c(C)n1. The molecule has 1 aliphatic heterocycles. The average molecular weight is 437 g/mol. The summed E-state index contributed by atoms with van der Waals surface area (Å²) < 4.78 is 35.6. The van der Waals surface area contributed by atoms with Crippen LogP contribution in [0, 0.1) is 6.92 Å². The second kappa shape index (κ2) is 8.22. The lowest BCUT2D eigenvalue weighted by Gasteiger charge is -2.35. The van der Waals surface area contributed by atoms with Crippen molar-refractivity contribution in [2.24, 2.45) is 0 Å². The zero-order valence-corrected chi connectivity index (χ0v) is 17.6. The number of nitrogens with one attached hydrogen (secondary N) is 2. The van der Waals surface area contributed by atoms with Crippen molar-refractivity contribution in [2.75, 3.05) is 22.7 Å². The molecule has 2 amide bonds.